The Balaban J connectivity index is 1.46. The van der Waals surface area contributed by atoms with Crippen LogP contribution in [0.5, 0.6) is 11.5 Å². The molecule has 1 saturated carbocycles. The van der Waals surface area contributed by atoms with Crippen molar-refractivity contribution in [1.29, 1.82) is 0 Å². The summed E-state index contributed by atoms with van der Waals surface area (Å²) in [6, 6.07) is 9.68. The summed E-state index contributed by atoms with van der Waals surface area (Å²) >= 11 is 0. The molecular formula is C26H27F3N2O3. The van der Waals surface area contributed by atoms with Crippen molar-refractivity contribution in [3.8, 4) is 11.5 Å². The minimum absolute atomic E-state index is 0.0647. The van der Waals surface area contributed by atoms with E-state index in [1.165, 1.54) is 18.2 Å². The van der Waals surface area contributed by atoms with Crippen molar-refractivity contribution in [3.63, 3.8) is 0 Å². The minimum Gasteiger partial charge on any atom is -0.395 e. The molecule has 2 aliphatic rings. The molecule has 1 aliphatic carbocycles. The third kappa shape index (κ3) is 3.74. The van der Waals surface area contributed by atoms with Crippen LogP contribution >= 0.6 is 0 Å². The molecule has 3 aromatic rings. The van der Waals surface area contributed by atoms with Crippen LogP contribution in [-0.2, 0) is 28.6 Å². The van der Waals surface area contributed by atoms with Gasteiger partial charge in [-0.25, -0.2) is 4.39 Å². The topological polar surface area (TPSA) is 66.5 Å². The van der Waals surface area contributed by atoms with Crippen molar-refractivity contribution in [2.45, 2.75) is 63.7 Å². The zero-order chi connectivity index (χ0) is 24.5. The smallest absolute Gasteiger partial charge is 0.395 e. The molecule has 0 bridgehead atoms. The number of carbonyl (C=O) groups is 1. The molecular weight excluding hydrogens is 445 g/mol. The number of rotatable bonds is 6. The molecule has 0 saturated heterocycles. The molecule has 0 amide bonds. The maximum absolute atomic E-state index is 15.2. The highest BCUT2D eigenvalue weighted by atomic mass is 19.3. The van der Waals surface area contributed by atoms with Crippen molar-refractivity contribution in [2.24, 2.45) is 5.73 Å². The average Bonchev–Trinajstić information content (AvgIpc) is 3.39. The quantitative estimate of drug-likeness (QED) is 0.536. The molecule has 8 heteroatoms. The van der Waals surface area contributed by atoms with Crippen molar-refractivity contribution < 1.29 is 27.4 Å². The zero-order valence-electron chi connectivity index (χ0n) is 19.4. The SMILES string of the molecule is CC(C)(C)c1cc2cc(CC(=O)C3(c4ccc5c(c4)OC(F)(F)O5)CC3)c(F)cc2n1CCN. The number of nitrogens with two attached hydrogens (primary N) is 1. The molecule has 0 unspecified atom stereocenters. The Morgan fingerprint density at radius 3 is 2.44 bits per heavy atom. The van der Waals surface area contributed by atoms with Crippen LogP contribution in [0.25, 0.3) is 10.9 Å². The molecule has 1 fully saturated rings. The van der Waals surface area contributed by atoms with Gasteiger partial charge in [-0.1, -0.05) is 26.8 Å². The van der Waals surface area contributed by atoms with Gasteiger partial charge in [0.15, 0.2) is 11.5 Å². The number of ether oxygens (including phenoxy) is 2. The highest BCUT2D eigenvalue weighted by Gasteiger charge is 2.52. The maximum atomic E-state index is 15.2. The van der Waals surface area contributed by atoms with Crippen LogP contribution in [0.15, 0.2) is 36.4 Å². The van der Waals surface area contributed by atoms with Crippen LogP contribution in [0.1, 0.15) is 50.4 Å². The number of ketones is 1. The van der Waals surface area contributed by atoms with Gasteiger partial charge in [0, 0.05) is 36.0 Å². The third-order valence-corrected chi connectivity index (χ3v) is 6.78. The number of halogens is 3. The Morgan fingerprint density at radius 1 is 1.09 bits per heavy atom. The third-order valence-electron chi connectivity index (χ3n) is 6.78. The van der Waals surface area contributed by atoms with Gasteiger partial charge in [-0.3, -0.25) is 4.79 Å². The van der Waals surface area contributed by atoms with Crippen LogP contribution in [0.4, 0.5) is 13.2 Å². The molecule has 180 valence electrons. The molecule has 0 spiro atoms. The molecule has 0 radical (unpaired) electrons. The first kappa shape index (κ1) is 22.8. The van der Waals surface area contributed by atoms with Gasteiger partial charge in [0.1, 0.15) is 11.6 Å². The summed E-state index contributed by atoms with van der Waals surface area (Å²) in [7, 11) is 0. The van der Waals surface area contributed by atoms with E-state index in [0.29, 0.717) is 37.1 Å². The summed E-state index contributed by atoms with van der Waals surface area (Å²) < 4.78 is 53.0. The van der Waals surface area contributed by atoms with Crippen LogP contribution in [-0.4, -0.2) is 23.2 Å². The molecule has 2 heterocycles. The molecule has 2 N–H and O–H groups in total. The summed E-state index contributed by atoms with van der Waals surface area (Å²) in [5.74, 6) is -0.747. The number of fused-ring (bicyclic) bond motifs is 2. The lowest BCUT2D eigenvalue weighted by atomic mass is 9.87. The number of benzene rings is 2. The lowest BCUT2D eigenvalue weighted by Gasteiger charge is -2.21. The molecule has 5 nitrogen and oxygen atoms in total. The number of alkyl halides is 2. The van der Waals surface area contributed by atoms with Gasteiger partial charge < -0.3 is 19.8 Å². The number of carbonyl (C=O) groups excluding carboxylic acids is 1. The number of Topliss-reactive ketones (excluding diaryl/α,β-unsaturated/α-hetero) is 1. The number of aromatic nitrogens is 1. The van der Waals surface area contributed by atoms with Gasteiger partial charge in [0.2, 0.25) is 0 Å². The zero-order valence-corrected chi connectivity index (χ0v) is 19.4. The van der Waals surface area contributed by atoms with Crippen molar-refractivity contribution in [2.75, 3.05) is 6.54 Å². The summed E-state index contributed by atoms with van der Waals surface area (Å²) in [5, 5.41) is 0.859. The van der Waals surface area contributed by atoms with E-state index in [-0.39, 0.29) is 29.1 Å². The Kier molecular flexibility index (Phi) is 5.02. The summed E-state index contributed by atoms with van der Waals surface area (Å²) in [5.41, 5.74) is 7.53. The fourth-order valence-corrected chi connectivity index (χ4v) is 4.90. The van der Waals surface area contributed by atoms with E-state index in [4.69, 9.17) is 5.73 Å². The minimum atomic E-state index is -3.72. The average molecular weight is 473 g/mol. The van der Waals surface area contributed by atoms with Crippen LogP contribution in [0, 0.1) is 5.82 Å². The first-order valence-electron chi connectivity index (χ1n) is 11.4. The molecule has 0 atom stereocenters. The normalized spacial score (nSPS) is 17.9. The van der Waals surface area contributed by atoms with Crippen LogP contribution in [0.3, 0.4) is 0 Å². The van der Waals surface area contributed by atoms with Crippen molar-refractivity contribution in [3.05, 3.63) is 59.0 Å². The van der Waals surface area contributed by atoms with Crippen LogP contribution < -0.4 is 15.2 Å². The van der Waals surface area contributed by atoms with Crippen molar-refractivity contribution >= 4 is 16.7 Å². The Hall–Kier alpha value is -3.00. The fourth-order valence-electron chi connectivity index (χ4n) is 4.90. The van der Waals surface area contributed by atoms with Gasteiger partial charge in [0.25, 0.3) is 0 Å². The Labute approximate surface area is 195 Å². The predicted octanol–water partition coefficient (Wildman–Crippen LogP) is 5.20. The highest BCUT2D eigenvalue weighted by molar-refractivity contribution is 5.95. The molecule has 5 rings (SSSR count). The summed E-state index contributed by atoms with van der Waals surface area (Å²) in [6.45, 7) is 7.27. The van der Waals surface area contributed by atoms with Gasteiger partial charge in [0.05, 0.1) is 10.9 Å². The van der Waals surface area contributed by atoms with E-state index in [0.717, 1.165) is 16.6 Å². The van der Waals surface area contributed by atoms with Gasteiger partial charge in [-0.2, -0.15) is 0 Å². The summed E-state index contributed by atoms with van der Waals surface area (Å²) in [4.78, 5) is 13.3. The van der Waals surface area contributed by atoms with Gasteiger partial charge in [-0.15, -0.1) is 8.78 Å². The number of hydrogen-bond donors (Lipinski definition) is 1. The van der Waals surface area contributed by atoms with E-state index in [9.17, 15) is 13.6 Å². The molecule has 34 heavy (non-hydrogen) atoms. The highest BCUT2D eigenvalue weighted by Crippen LogP contribution is 2.52. The molecule has 1 aromatic heterocycles. The first-order chi connectivity index (χ1) is 15.9. The standard InChI is InChI=1S/C26H27F3N2O3/c1-24(2,3)22-11-16-10-15(18(27)14-19(16)31(22)9-8-30)12-23(32)25(6-7-25)17-4-5-20-21(13-17)34-26(28,29)33-20/h4-5,10-11,13-14H,6-9,12,30H2,1-3H3. The number of hydrogen-bond acceptors (Lipinski definition) is 4. The molecule has 2 aromatic carbocycles. The van der Waals surface area contributed by atoms with Crippen molar-refractivity contribution in [1.82, 2.24) is 4.57 Å². The van der Waals surface area contributed by atoms with E-state index in [1.54, 1.807) is 12.1 Å². The lowest BCUT2D eigenvalue weighted by Crippen LogP contribution is -2.26. The lowest BCUT2D eigenvalue weighted by molar-refractivity contribution is -0.286. The Bertz CT molecular complexity index is 1300. The second-order valence-electron chi connectivity index (χ2n) is 10.2. The summed E-state index contributed by atoms with van der Waals surface area (Å²) in [6.07, 6.45) is -2.65. The fraction of sp³-hybridized carbons (Fsp3) is 0.423. The van der Waals surface area contributed by atoms with E-state index in [1.807, 2.05) is 10.6 Å². The second kappa shape index (κ2) is 7.50. The van der Waals surface area contributed by atoms with Gasteiger partial charge in [-0.05, 0) is 54.3 Å². The molecule has 1 aliphatic heterocycles. The maximum Gasteiger partial charge on any atom is 0.586 e. The second-order valence-corrected chi connectivity index (χ2v) is 10.2. The number of nitrogens with zero attached hydrogens (tertiary/aromatic N) is 1. The van der Waals surface area contributed by atoms with E-state index >= 15 is 4.39 Å². The Morgan fingerprint density at radius 2 is 1.79 bits per heavy atom. The first-order valence-corrected chi connectivity index (χ1v) is 11.4. The largest absolute Gasteiger partial charge is 0.586 e. The van der Waals surface area contributed by atoms with Crippen LogP contribution in [0.2, 0.25) is 0 Å². The predicted molar refractivity (Wildman–Crippen MR) is 122 cm³/mol. The monoisotopic (exact) mass is 472 g/mol. The van der Waals surface area contributed by atoms with E-state index in [2.05, 4.69) is 30.2 Å². The van der Waals surface area contributed by atoms with E-state index < -0.39 is 17.5 Å². The van der Waals surface area contributed by atoms with Gasteiger partial charge >= 0.3 is 6.29 Å².